The number of carbonyl (C=O) groups is 1. The largest absolute Gasteiger partial charge is 0.372 e. The molecule has 0 radical (unpaired) electrons. The zero-order valence-corrected chi connectivity index (χ0v) is 9.80. The fourth-order valence-corrected chi connectivity index (χ4v) is 1.40. The van der Waals surface area contributed by atoms with E-state index < -0.39 is 17.7 Å². The number of halogens is 2. The van der Waals surface area contributed by atoms with Gasteiger partial charge in [-0.15, -0.1) is 0 Å². The van der Waals surface area contributed by atoms with Crippen molar-refractivity contribution >= 4 is 5.91 Å². The fraction of sp³-hybridized carbons (Fsp3) is 0.417. The Morgan fingerprint density at radius 1 is 1.47 bits per heavy atom. The van der Waals surface area contributed by atoms with Gasteiger partial charge in [0.05, 0.1) is 6.04 Å². The third-order valence-electron chi connectivity index (χ3n) is 2.24. The van der Waals surface area contributed by atoms with Crippen LogP contribution in [-0.2, 0) is 9.53 Å². The minimum absolute atomic E-state index is 0.0855. The van der Waals surface area contributed by atoms with Crippen LogP contribution in [0, 0.1) is 11.6 Å². The third-order valence-corrected chi connectivity index (χ3v) is 2.24. The predicted molar refractivity (Wildman–Crippen MR) is 59.4 cm³/mol. The molecule has 17 heavy (non-hydrogen) atoms. The lowest BCUT2D eigenvalue weighted by Gasteiger charge is -2.15. The van der Waals surface area contributed by atoms with Crippen molar-refractivity contribution in [3.63, 3.8) is 0 Å². The first kappa shape index (κ1) is 13.6. The van der Waals surface area contributed by atoms with E-state index in [1.165, 1.54) is 0 Å². The lowest BCUT2D eigenvalue weighted by atomic mass is 10.1. The lowest BCUT2D eigenvalue weighted by molar-refractivity contribution is -0.126. The summed E-state index contributed by atoms with van der Waals surface area (Å²) in [7, 11) is 0. The van der Waals surface area contributed by atoms with Crippen LogP contribution in [0.5, 0.6) is 0 Å². The van der Waals surface area contributed by atoms with Crippen molar-refractivity contribution in [1.82, 2.24) is 5.32 Å². The highest BCUT2D eigenvalue weighted by molar-refractivity contribution is 5.77. The Morgan fingerprint density at radius 2 is 2.18 bits per heavy atom. The van der Waals surface area contributed by atoms with Crippen molar-refractivity contribution < 1.29 is 18.3 Å². The molecule has 1 atom stereocenters. The normalized spacial score (nSPS) is 12.2. The van der Waals surface area contributed by atoms with Crippen molar-refractivity contribution in [2.75, 3.05) is 13.2 Å². The molecule has 0 heterocycles. The Balaban J connectivity index is 2.66. The number of benzene rings is 1. The lowest BCUT2D eigenvalue weighted by Crippen LogP contribution is -2.30. The van der Waals surface area contributed by atoms with E-state index in [0.717, 1.165) is 18.2 Å². The van der Waals surface area contributed by atoms with Crippen LogP contribution in [0.25, 0.3) is 0 Å². The molecule has 0 saturated carbocycles. The fourth-order valence-electron chi connectivity index (χ4n) is 1.40. The van der Waals surface area contributed by atoms with Gasteiger partial charge in [0.2, 0.25) is 5.91 Å². The van der Waals surface area contributed by atoms with E-state index >= 15 is 0 Å². The van der Waals surface area contributed by atoms with Crippen molar-refractivity contribution in [2.45, 2.75) is 19.9 Å². The summed E-state index contributed by atoms with van der Waals surface area (Å²) >= 11 is 0. The number of hydrogen-bond acceptors (Lipinski definition) is 2. The van der Waals surface area contributed by atoms with Gasteiger partial charge in [-0.1, -0.05) is 0 Å². The zero-order valence-electron chi connectivity index (χ0n) is 9.80. The van der Waals surface area contributed by atoms with E-state index in [0.29, 0.717) is 6.61 Å². The summed E-state index contributed by atoms with van der Waals surface area (Å²) in [6, 6.07) is 2.54. The van der Waals surface area contributed by atoms with Crippen LogP contribution in [0.1, 0.15) is 25.5 Å². The van der Waals surface area contributed by atoms with Gasteiger partial charge in [-0.05, 0) is 32.0 Å². The number of nitrogens with one attached hydrogen (secondary N) is 1. The van der Waals surface area contributed by atoms with Gasteiger partial charge in [-0.25, -0.2) is 8.78 Å². The SMILES string of the molecule is CCOCC(=O)NC(C)c1cc(F)ccc1F. The molecule has 0 aliphatic heterocycles. The molecule has 0 bridgehead atoms. The third kappa shape index (κ3) is 4.11. The van der Waals surface area contributed by atoms with E-state index in [1.807, 2.05) is 0 Å². The summed E-state index contributed by atoms with van der Waals surface area (Å²) in [6.07, 6.45) is 0. The maximum atomic E-state index is 13.4. The van der Waals surface area contributed by atoms with Crippen molar-refractivity contribution in [3.8, 4) is 0 Å². The van der Waals surface area contributed by atoms with Gasteiger partial charge in [0.1, 0.15) is 18.2 Å². The highest BCUT2D eigenvalue weighted by Gasteiger charge is 2.14. The van der Waals surface area contributed by atoms with E-state index in [1.54, 1.807) is 13.8 Å². The molecule has 1 rings (SSSR count). The topological polar surface area (TPSA) is 38.3 Å². The minimum atomic E-state index is -0.598. The maximum Gasteiger partial charge on any atom is 0.246 e. The van der Waals surface area contributed by atoms with Crippen molar-refractivity contribution in [3.05, 3.63) is 35.4 Å². The molecule has 0 aliphatic carbocycles. The molecule has 0 saturated heterocycles. The second kappa shape index (κ2) is 6.30. The van der Waals surface area contributed by atoms with Crippen molar-refractivity contribution in [1.29, 1.82) is 0 Å². The molecule has 1 unspecified atom stereocenters. The molecule has 3 nitrogen and oxygen atoms in total. The summed E-state index contributed by atoms with van der Waals surface area (Å²) in [5.41, 5.74) is 0.120. The number of carbonyl (C=O) groups excluding carboxylic acids is 1. The van der Waals surface area contributed by atoms with E-state index in [4.69, 9.17) is 4.74 Å². The van der Waals surface area contributed by atoms with Gasteiger partial charge in [-0.2, -0.15) is 0 Å². The van der Waals surface area contributed by atoms with E-state index in [-0.39, 0.29) is 18.1 Å². The van der Waals surface area contributed by atoms with Crippen LogP contribution < -0.4 is 5.32 Å². The molecule has 1 aromatic rings. The molecule has 0 spiro atoms. The summed E-state index contributed by atoms with van der Waals surface area (Å²) in [5, 5.41) is 2.53. The van der Waals surface area contributed by atoms with Crippen LogP contribution in [0.15, 0.2) is 18.2 Å². The monoisotopic (exact) mass is 243 g/mol. The molecule has 94 valence electrons. The molecule has 1 aromatic carbocycles. The number of amides is 1. The van der Waals surface area contributed by atoms with Gasteiger partial charge in [0, 0.05) is 12.2 Å². The average molecular weight is 243 g/mol. The molecule has 0 fully saturated rings. The summed E-state index contributed by atoms with van der Waals surface area (Å²) in [4.78, 5) is 11.3. The molecule has 0 aliphatic rings. The molecular weight excluding hydrogens is 228 g/mol. The summed E-state index contributed by atoms with van der Waals surface area (Å²) in [5.74, 6) is -1.44. The number of ether oxygens (including phenoxy) is 1. The first-order valence-corrected chi connectivity index (χ1v) is 5.36. The van der Waals surface area contributed by atoms with Crippen LogP contribution in [0.3, 0.4) is 0 Å². The predicted octanol–water partition coefficient (Wildman–Crippen LogP) is 2.18. The standard InChI is InChI=1S/C12H15F2NO2/c1-3-17-7-12(16)15-8(2)10-6-9(13)4-5-11(10)14/h4-6,8H,3,7H2,1-2H3,(H,15,16). The maximum absolute atomic E-state index is 13.4. The van der Waals surface area contributed by atoms with Gasteiger partial charge in [0.15, 0.2) is 0 Å². The van der Waals surface area contributed by atoms with E-state index in [2.05, 4.69) is 5.32 Å². The van der Waals surface area contributed by atoms with Gasteiger partial charge in [0.25, 0.3) is 0 Å². The molecule has 0 aromatic heterocycles. The molecule has 5 heteroatoms. The molecule has 1 N–H and O–H groups in total. The first-order valence-electron chi connectivity index (χ1n) is 5.36. The van der Waals surface area contributed by atoms with Crippen LogP contribution in [-0.4, -0.2) is 19.1 Å². The average Bonchev–Trinajstić information content (AvgIpc) is 2.29. The quantitative estimate of drug-likeness (QED) is 0.860. The van der Waals surface area contributed by atoms with Gasteiger partial charge in [-0.3, -0.25) is 4.79 Å². The number of rotatable bonds is 5. The molecule has 1 amide bonds. The summed E-state index contributed by atoms with van der Waals surface area (Å²) < 4.78 is 31.2. The number of hydrogen-bond donors (Lipinski definition) is 1. The Hall–Kier alpha value is -1.49. The first-order chi connectivity index (χ1) is 8.04. The van der Waals surface area contributed by atoms with Crippen LogP contribution >= 0.6 is 0 Å². The van der Waals surface area contributed by atoms with Crippen molar-refractivity contribution in [2.24, 2.45) is 0 Å². The Morgan fingerprint density at radius 3 is 2.82 bits per heavy atom. The zero-order chi connectivity index (χ0) is 12.8. The molecular formula is C12H15F2NO2. The van der Waals surface area contributed by atoms with E-state index in [9.17, 15) is 13.6 Å². The van der Waals surface area contributed by atoms with Crippen LogP contribution in [0.4, 0.5) is 8.78 Å². The second-order valence-corrected chi connectivity index (χ2v) is 3.59. The Bertz CT molecular complexity index is 396. The smallest absolute Gasteiger partial charge is 0.246 e. The highest BCUT2D eigenvalue weighted by Crippen LogP contribution is 2.17. The van der Waals surface area contributed by atoms with Crippen LogP contribution in [0.2, 0.25) is 0 Å². The Labute approximate surface area is 98.8 Å². The minimum Gasteiger partial charge on any atom is -0.372 e. The second-order valence-electron chi connectivity index (χ2n) is 3.59. The Kier molecular flexibility index (Phi) is 5.03. The highest BCUT2D eigenvalue weighted by atomic mass is 19.1. The van der Waals surface area contributed by atoms with Gasteiger partial charge < -0.3 is 10.1 Å². The van der Waals surface area contributed by atoms with Gasteiger partial charge >= 0.3 is 0 Å². The summed E-state index contributed by atoms with van der Waals surface area (Å²) in [6.45, 7) is 3.69.